The van der Waals surface area contributed by atoms with Crippen LogP contribution in [0.5, 0.6) is 0 Å². The van der Waals surface area contributed by atoms with E-state index in [1.807, 2.05) is 74.4 Å². The van der Waals surface area contributed by atoms with Gasteiger partial charge in [0.15, 0.2) is 0 Å². The van der Waals surface area contributed by atoms with E-state index in [0.717, 1.165) is 16.9 Å². The highest BCUT2D eigenvalue weighted by Gasteiger charge is 1.99. The molecule has 2 aromatic carbocycles. The molecule has 2 aromatic rings. The quantitative estimate of drug-likeness (QED) is 0.624. The number of nitrogens with one attached hydrogen (secondary N) is 2. The third kappa shape index (κ3) is 6.30. The molecule has 6 heteroatoms. The molecule has 0 fully saturated rings. The lowest BCUT2D eigenvalue weighted by atomic mass is 10.2. The predicted octanol–water partition coefficient (Wildman–Crippen LogP) is 3.05. The van der Waals surface area contributed by atoms with Crippen molar-refractivity contribution >= 4 is 35.9 Å². The van der Waals surface area contributed by atoms with Crippen LogP contribution in [-0.4, -0.2) is 32.8 Å². The summed E-state index contributed by atoms with van der Waals surface area (Å²) in [5.74, 6) is -0.188. The smallest absolute Gasteiger partial charge is 0.259 e. The minimum Gasteiger partial charge on any atom is -0.378 e. The van der Waals surface area contributed by atoms with Crippen molar-refractivity contribution in [3.8, 4) is 0 Å². The van der Waals surface area contributed by atoms with Gasteiger partial charge in [0.1, 0.15) is 0 Å². The Morgan fingerprint density at radius 1 is 1.08 bits per heavy atom. The van der Waals surface area contributed by atoms with Crippen LogP contribution in [0.15, 0.2) is 53.6 Å². The number of carbonyl (C=O) groups excluding carboxylic acids is 1. The lowest BCUT2D eigenvalue weighted by molar-refractivity contribution is -0.119. The number of nitrogens with zero attached hydrogens (tertiary/aromatic N) is 2. The van der Waals surface area contributed by atoms with Gasteiger partial charge in [-0.2, -0.15) is 5.10 Å². The van der Waals surface area contributed by atoms with Gasteiger partial charge in [-0.1, -0.05) is 29.8 Å². The van der Waals surface area contributed by atoms with E-state index in [4.69, 9.17) is 0 Å². The molecule has 0 aromatic heterocycles. The number of aryl methyl sites for hydroxylation is 1. The van der Waals surface area contributed by atoms with Crippen molar-refractivity contribution in [2.24, 2.45) is 5.10 Å². The summed E-state index contributed by atoms with van der Waals surface area (Å²) in [6.45, 7) is 2.20. The zero-order chi connectivity index (χ0) is 16.7. The number of halogens is 1. The van der Waals surface area contributed by atoms with Crippen LogP contribution in [0.4, 0.5) is 11.4 Å². The summed E-state index contributed by atoms with van der Waals surface area (Å²) in [7, 11) is 3.98. The first-order chi connectivity index (χ1) is 11.0. The fourth-order valence-corrected chi connectivity index (χ4v) is 1.93. The minimum absolute atomic E-state index is 0. The van der Waals surface area contributed by atoms with Gasteiger partial charge < -0.3 is 10.2 Å². The summed E-state index contributed by atoms with van der Waals surface area (Å²) >= 11 is 0. The maximum Gasteiger partial charge on any atom is 0.259 e. The Bertz CT molecular complexity index is 666. The van der Waals surface area contributed by atoms with Crippen LogP contribution in [0, 0.1) is 6.92 Å². The zero-order valence-electron chi connectivity index (χ0n) is 14.1. The van der Waals surface area contributed by atoms with Crippen molar-refractivity contribution in [2.45, 2.75) is 6.92 Å². The van der Waals surface area contributed by atoms with Crippen LogP contribution in [0.1, 0.15) is 11.1 Å². The van der Waals surface area contributed by atoms with Gasteiger partial charge in [-0.15, -0.1) is 12.4 Å². The fraction of sp³-hybridized carbons (Fsp3) is 0.222. The average molecular weight is 347 g/mol. The number of benzene rings is 2. The van der Waals surface area contributed by atoms with Gasteiger partial charge in [-0.3, -0.25) is 4.79 Å². The standard InChI is InChI=1S/C18H22N4O.ClH/c1-14-4-8-16(9-5-14)19-13-18(23)21-20-12-15-6-10-17(11-7-15)22(2)3;/h4-12,19H,13H2,1-3H3,(H,21,23);1H/b20-12+;. The Kier molecular flexibility index (Phi) is 7.79. The van der Waals surface area contributed by atoms with Gasteiger partial charge in [-0.05, 0) is 36.8 Å². The molecule has 5 nitrogen and oxygen atoms in total. The molecule has 0 heterocycles. The molecule has 0 atom stereocenters. The Labute approximate surface area is 149 Å². The monoisotopic (exact) mass is 346 g/mol. The lowest BCUT2D eigenvalue weighted by Crippen LogP contribution is -2.25. The first-order valence-electron chi connectivity index (χ1n) is 7.44. The van der Waals surface area contributed by atoms with Crippen molar-refractivity contribution in [1.29, 1.82) is 0 Å². The van der Waals surface area contributed by atoms with Crippen molar-refractivity contribution in [2.75, 3.05) is 30.9 Å². The Morgan fingerprint density at radius 3 is 2.29 bits per heavy atom. The van der Waals surface area contributed by atoms with E-state index in [2.05, 4.69) is 15.8 Å². The molecule has 128 valence electrons. The molecule has 2 N–H and O–H groups in total. The van der Waals surface area contributed by atoms with E-state index in [1.54, 1.807) is 6.21 Å². The number of hydrogen-bond acceptors (Lipinski definition) is 4. The highest BCUT2D eigenvalue weighted by Crippen LogP contribution is 2.11. The van der Waals surface area contributed by atoms with Crippen molar-refractivity contribution in [3.63, 3.8) is 0 Å². The Morgan fingerprint density at radius 2 is 1.71 bits per heavy atom. The molecule has 0 saturated heterocycles. The molecule has 0 unspecified atom stereocenters. The summed E-state index contributed by atoms with van der Waals surface area (Å²) in [5.41, 5.74) is 6.66. The van der Waals surface area contributed by atoms with Gasteiger partial charge in [0.05, 0.1) is 12.8 Å². The first kappa shape index (κ1) is 19.5. The van der Waals surface area contributed by atoms with Gasteiger partial charge in [0.25, 0.3) is 5.91 Å². The molecule has 2 rings (SSSR count). The molecule has 0 spiro atoms. The number of amides is 1. The third-order valence-electron chi connectivity index (χ3n) is 3.32. The van der Waals surface area contributed by atoms with Crippen molar-refractivity contribution in [3.05, 3.63) is 59.7 Å². The summed E-state index contributed by atoms with van der Waals surface area (Å²) < 4.78 is 0. The minimum atomic E-state index is -0.188. The number of hydrogen-bond donors (Lipinski definition) is 2. The van der Waals surface area contributed by atoms with Crippen LogP contribution < -0.4 is 15.6 Å². The predicted molar refractivity (Wildman–Crippen MR) is 103 cm³/mol. The molecule has 0 aliphatic heterocycles. The fourth-order valence-electron chi connectivity index (χ4n) is 1.93. The highest BCUT2D eigenvalue weighted by atomic mass is 35.5. The summed E-state index contributed by atoms with van der Waals surface area (Å²) in [5, 5.41) is 7.01. The van der Waals surface area contributed by atoms with Crippen molar-refractivity contribution in [1.82, 2.24) is 5.43 Å². The van der Waals surface area contributed by atoms with E-state index >= 15 is 0 Å². The topological polar surface area (TPSA) is 56.7 Å². The maximum absolute atomic E-state index is 11.7. The largest absolute Gasteiger partial charge is 0.378 e. The second kappa shape index (κ2) is 9.57. The number of carbonyl (C=O) groups is 1. The van der Waals surface area contributed by atoms with Gasteiger partial charge >= 0.3 is 0 Å². The average Bonchev–Trinajstić information content (AvgIpc) is 2.55. The molecule has 0 radical (unpaired) electrons. The summed E-state index contributed by atoms with van der Waals surface area (Å²) in [6, 6.07) is 15.8. The second-order valence-electron chi connectivity index (χ2n) is 5.50. The van der Waals surface area contributed by atoms with E-state index in [0.29, 0.717) is 0 Å². The molecule has 0 aliphatic rings. The Hall–Kier alpha value is -2.53. The number of rotatable bonds is 6. The van der Waals surface area contributed by atoms with Crippen LogP contribution in [0.2, 0.25) is 0 Å². The molecule has 0 aliphatic carbocycles. The van der Waals surface area contributed by atoms with E-state index < -0.39 is 0 Å². The SMILES string of the molecule is Cc1ccc(NCC(=O)N/N=C/c2ccc(N(C)C)cc2)cc1.Cl. The highest BCUT2D eigenvalue weighted by molar-refractivity contribution is 5.85. The molecular formula is C18H23ClN4O. The summed E-state index contributed by atoms with van der Waals surface area (Å²) in [4.78, 5) is 13.8. The molecule has 24 heavy (non-hydrogen) atoms. The zero-order valence-corrected chi connectivity index (χ0v) is 14.9. The number of anilines is 2. The van der Waals surface area contributed by atoms with Crippen LogP contribution >= 0.6 is 12.4 Å². The maximum atomic E-state index is 11.7. The summed E-state index contributed by atoms with van der Waals surface area (Å²) in [6.07, 6.45) is 1.63. The van der Waals surface area contributed by atoms with E-state index in [9.17, 15) is 4.79 Å². The van der Waals surface area contributed by atoms with E-state index in [1.165, 1.54) is 5.56 Å². The normalized spacial score (nSPS) is 10.1. The van der Waals surface area contributed by atoms with Crippen LogP contribution in [0.3, 0.4) is 0 Å². The van der Waals surface area contributed by atoms with Gasteiger partial charge in [0.2, 0.25) is 0 Å². The van der Waals surface area contributed by atoms with Gasteiger partial charge in [-0.25, -0.2) is 5.43 Å². The Balaban J connectivity index is 0.00000288. The molecular weight excluding hydrogens is 324 g/mol. The molecule has 1 amide bonds. The van der Waals surface area contributed by atoms with E-state index in [-0.39, 0.29) is 24.9 Å². The third-order valence-corrected chi connectivity index (χ3v) is 3.32. The van der Waals surface area contributed by atoms with Gasteiger partial charge in [0, 0.05) is 25.5 Å². The molecule has 0 bridgehead atoms. The van der Waals surface area contributed by atoms with Crippen LogP contribution in [-0.2, 0) is 4.79 Å². The number of hydrazone groups is 1. The molecule has 0 saturated carbocycles. The first-order valence-corrected chi connectivity index (χ1v) is 7.44. The lowest BCUT2D eigenvalue weighted by Gasteiger charge is -2.11. The second-order valence-corrected chi connectivity index (χ2v) is 5.50. The van der Waals surface area contributed by atoms with Crippen LogP contribution in [0.25, 0.3) is 0 Å². The van der Waals surface area contributed by atoms with Crippen molar-refractivity contribution < 1.29 is 4.79 Å².